The highest BCUT2D eigenvalue weighted by Crippen LogP contribution is 2.36. The van der Waals surface area contributed by atoms with Crippen LogP contribution >= 0.6 is 0 Å². The molecular formula is C10H14FN3O5. The number of anilines is 1. The molecule has 19 heavy (non-hydrogen) atoms. The number of nitrogens with two attached hydrogens (primary N) is 1. The molecule has 1 aromatic heterocycles. The molecule has 8 nitrogen and oxygen atoms in total. The summed E-state index contributed by atoms with van der Waals surface area (Å²) in [5.74, 6) is -0.0202. The molecule has 1 aliphatic rings. The van der Waals surface area contributed by atoms with Crippen LogP contribution in [0, 0.1) is 0 Å². The predicted octanol–water partition coefficient (Wildman–Crippen LogP) is -2.22. The van der Waals surface area contributed by atoms with E-state index < -0.39 is 43.0 Å². The maximum absolute atomic E-state index is 13.0. The quantitative estimate of drug-likeness (QED) is 0.491. The molecule has 0 unspecified atom stereocenters. The van der Waals surface area contributed by atoms with Crippen LogP contribution in [0.1, 0.15) is 6.23 Å². The second kappa shape index (κ2) is 4.85. The number of aliphatic hydroxyl groups excluding tert-OH is 3. The molecule has 0 spiro atoms. The molecular weight excluding hydrogens is 261 g/mol. The third-order valence-electron chi connectivity index (χ3n) is 3.13. The van der Waals surface area contributed by atoms with Crippen molar-refractivity contribution in [1.82, 2.24) is 9.55 Å². The van der Waals surface area contributed by atoms with Gasteiger partial charge in [0, 0.05) is 6.20 Å². The zero-order chi connectivity index (χ0) is 14.2. The lowest BCUT2D eigenvalue weighted by atomic mass is 9.98. The predicted molar refractivity (Wildman–Crippen MR) is 60.8 cm³/mol. The molecule has 2 heterocycles. The summed E-state index contributed by atoms with van der Waals surface area (Å²) in [4.78, 5) is 15.0. The molecule has 0 amide bonds. The largest absolute Gasteiger partial charge is 0.393 e. The first-order valence-corrected chi connectivity index (χ1v) is 5.50. The van der Waals surface area contributed by atoms with E-state index in [0.717, 1.165) is 4.57 Å². The van der Waals surface area contributed by atoms with E-state index in [-0.39, 0.29) is 5.82 Å². The monoisotopic (exact) mass is 275 g/mol. The number of aromatic nitrogens is 2. The van der Waals surface area contributed by atoms with Crippen molar-refractivity contribution in [2.45, 2.75) is 24.0 Å². The standard InChI is InChI=1S/C10H14FN3O5/c11-3-10(4-15)7(17)6(16)8(19-10)14-2-1-5(12)13-9(14)18/h1-2,6-8,15-17H,3-4H2,(H2,12,13,18)/t6-,7+,8-,10-/m1/s1. The lowest BCUT2D eigenvalue weighted by molar-refractivity contribution is -0.138. The highest BCUT2D eigenvalue weighted by Gasteiger charge is 2.55. The normalized spacial score (nSPS) is 34.6. The molecule has 0 radical (unpaired) electrons. The van der Waals surface area contributed by atoms with E-state index in [1.807, 2.05) is 0 Å². The van der Waals surface area contributed by atoms with Gasteiger partial charge in [-0.15, -0.1) is 0 Å². The van der Waals surface area contributed by atoms with Crippen molar-refractivity contribution in [2.24, 2.45) is 0 Å². The van der Waals surface area contributed by atoms with Crippen molar-refractivity contribution < 1.29 is 24.4 Å². The SMILES string of the molecule is Nc1ccn([C@@H]2O[C@@](CO)(CF)[C@@H](O)[C@H]2O)c(=O)n1. The fourth-order valence-electron chi connectivity index (χ4n) is 1.97. The van der Waals surface area contributed by atoms with Crippen LogP contribution in [0.5, 0.6) is 0 Å². The number of rotatable bonds is 3. The third-order valence-corrected chi connectivity index (χ3v) is 3.13. The summed E-state index contributed by atoms with van der Waals surface area (Å²) in [7, 11) is 0. The van der Waals surface area contributed by atoms with Crippen LogP contribution in [0.3, 0.4) is 0 Å². The Labute approximate surface area is 106 Å². The number of nitrogen functional groups attached to an aromatic ring is 1. The van der Waals surface area contributed by atoms with E-state index in [9.17, 15) is 19.4 Å². The molecule has 0 aliphatic carbocycles. The number of aliphatic hydroxyl groups is 3. The molecule has 5 N–H and O–H groups in total. The van der Waals surface area contributed by atoms with Crippen LogP contribution in [0.4, 0.5) is 10.2 Å². The lowest BCUT2D eigenvalue weighted by Gasteiger charge is -2.26. The number of hydrogen-bond acceptors (Lipinski definition) is 7. The van der Waals surface area contributed by atoms with Gasteiger partial charge in [0.25, 0.3) is 0 Å². The third kappa shape index (κ3) is 2.10. The van der Waals surface area contributed by atoms with Gasteiger partial charge in [-0.1, -0.05) is 0 Å². The number of halogens is 1. The second-order valence-corrected chi connectivity index (χ2v) is 4.34. The fourth-order valence-corrected chi connectivity index (χ4v) is 1.97. The zero-order valence-electron chi connectivity index (χ0n) is 9.81. The summed E-state index contributed by atoms with van der Waals surface area (Å²) < 4.78 is 19.0. The molecule has 2 rings (SSSR count). The number of ether oxygens (including phenoxy) is 1. The molecule has 9 heteroatoms. The maximum atomic E-state index is 13.0. The Balaban J connectivity index is 2.39. The Hall–Kier alpha value is -1.55. The van der Waals surface area contributed by atoms with Crippen molar-refractivity contribution >= 4 is 5.82 Å². The average Bonchev–Trinajstić information content (AvgIpc) is 2.64. The Morgan fingerprint density at radius 2 is 2.26 bits per heavy atom. The van der Waals surface area contributed by atoms with Gasteiger partial charge in [0.2, 0.25) is 0 Å². The van der Waals surface area contributed by atoms with Crippen LogP contribution in [-0.2, 0) is 4.74 Å². The van der Waals surface area contributed by atoms with E-state index >= 15 is 0 Å². The molecule has 0 bridgehead atoms. The molecule has 0 saturated carbocycles. The van der Waals surface area contributed by atoms with Crippen molar-refractivity contribution in [1.29, 1.82) is 0 Å². The van der Waals surface area contributed by atoms with Gasteiger partial charge in [-0.2, -0.15) is 4.98 Å². The Morgan fingerprint density at radius 3 is 2.74 bits per heavy atom. The molecule has 106 valence electrons. The minimum atomic E-state index is -1.95. The molecule has 1 saturated heterocycles. The van der Waals surface area contributed by atoms with Gasteiger partial charge >= 0.3 is 5.69 Å². The van der Waals surface area contributed by atoms with Gasteiger partial charge < -0.3 is 25.8 Å². The first kappa shape index (κ1) is 13.9. The van der Waals surface area contributed by atoms with E-state index in [0.29, 0.717) is 0 Å². The smallest absolute Gasteiger partial charge is 0.351 e. The van der Waals surface area contributed by atoms with E-state index in [4.69, 9.17) is 15.6 Å². The Bertz CT molecular complexity index is 518. The zero-order valence-corrected chi connectivity index (χ0v) is 9.81. The highest BCUT2D eigenvalue weighted by molar-refractivity contribution is 5.23. The van der Waals surface area contributed by atoms with E-state index in [2.05, 4.69) is 4.98 Å². The van der Waals surface area contributed by atoms with Crippen molar-refractivity contribution in [3.05, 3.63) is 22.7 Å². The maximum Gasteiger partial charge on any atom is 0.351 e. The topological polar surface area (TPSA) is 131 Å². The summed E-state index contributed by atoms with van der Waals surface area (Å²) in [6, 6.07) is 1.29. The van der Waals surface area contributed by atoms with Crippen molar-refractivity contribution in [3.8, 4) is 0 Å². The molecule has 0 aromatic carbocycles. The molecule has 1 fully saturated rings. The average molecular weight is 275 g/mol. The van der Waals surface area contributed by atoms with Gasteiger partial charge in [-0.05, 0) is 6.07 Å². The van der Waals surface area contributed by atoms with Crippen molar-refractivity contribution in [2.75, 3.05) is 19.0 Å². The first-order chi connectivity index (χ1) is 8.95. The van der Waals surface area contributed by atoms with Gasteiger partial charge in [0.1, 0.15) is 24.7 Å². The molecule has 1 aromatic rings. The summed E-state index contributed by atoms with van der Waals surface area (Å²) >= 11 is 0. The van der Waals surface area contributed by atoms with Crippen LogP contribution in [0.25, 0.3) is 0 Å². The minimum Gasteiger partial charge on any atom is -0.393 e. The van der Waals surface area contributed by atoms with Gasteiger partial charge in [-0.3, -0.25) is 4.57 Å². The van der Waals surface area contributed by atoms with Gasteiger partial charge in [0.15, 0.2) is 11.8 Å². The fraction of sp³-hybridized carbons (Fsp3) is 0.600. The minimum absolute atomic E-state index is 0.0202. The van der Waals surface area contributed by atoms with Crippen LogP contribution in [0.2, 0.25) is 0 Å². The Kier molecular flexibility index (Phi) is 3.54. The number of alkyl halides is 1. The van der Waals surface area contributed by atoms with Crippen LogP contribution < -0.4 is 11.4 Å². The first-order valence-electron chi connectivity index (χ1n) is 5.50. The lowest BCUT2D eigenvalue weighted by Crippen LogP contribution is -2.48. The van der Waals surface area contributed by atoms with Gasteiger partial charge in [0.05, 0.1) is 6.61 Å². The van der Waals surface area contributed by atoms with E-state index in [1.54, 1.807) is 0 Å². The molecule has 1 aliphatic heterocycles. The second-order valence-electron chi connectivity index (χ2n) is 4.34. The summed E-state index contributed by atoms with van der Waals surface area (Å²) in [5.41, 5.74) is 2.55. The summed E-state index contributed by atoms with van der Waals surface area (Å²) in [6.45, 7) is -2.05. The van der Waals surface area contributed by atoms with Crippen LogP contribution in [-0.4, -0.2) is 56.0 Å². The highest BCUT2D eigenvalue weighted by atomic mass is 19.1. The Morgan fingerprint density at radius 1 is 1.58 bits per heavy atom. The number of hydrogen-bond donors (Lipinski definition) is 4. The van der Waals surface area contributed by atoms with E-state index in [1.165, 1.54) is 12.3 Å². The summed E-state index contributed by atoms with van der Waals surface area (Å²) in [6.07, 6.45) is -3.39. The van der Waals surface area contributed by atoms with Crippen LogP contribution in [0.15, 0.2) is 17.1 Å². The molecule has 4 atom stereocenters. The van der Waals surface area contributed by atoms with Crippen molar-refractivity contribution in [3.63, 3.8) is 0 Å². The summed E-state index contributed by atoms with van der Waals surface area (Å²) in [5, 5.41) is 28.7. The van der Waals surface area contributed by atoms with Gasteiger partial charge in [-0.25, -0.2) is 9.18 Å². The number of nitrogens with zero attached hydrogens (tertiary/aromatic N) is 2.